The van der Waals surface area contributed by atoms with Crippen molar-refractivity contribution in [3.63, 3.8) is 0 Å². The number of thiophene rings is 1. The number of fused-ring (bicyclic) bond motifs is 1. The number of rotatable bonds is 5. The van der Waals surface area contributed by atoms with Gasteiger partial charge in [-0.3, -0.25) is 0 Å². The SMILES string of the molecule is Cc1c(C(C)NCC(O)c2ccsc2)oc2ccccc12. The largest absolute Gasteiger partial charge is 0.459 e. The van der Waals surface area contributed by atoms with Crippen LogP contribution in [0.2, 0.25) is 0 Å². The summed E-state index contributed by atoms with van der Waals surface area (Å²) in [6, 6.07) is 10.1. The number of para-hydroxylation sites is 1. The fourth-order valence-electron chi connectivity index (χ4n) is 2.57. The van der Waals surface area contributed by atoms with Gasteiger partial charge in [-0.25, -0.2) is 0 Å². The first-order valence-electron chi connectivity index (χ1n) is 7.08. The lowest BCUT2D eigenvalue weighted by Crippen LogP contribution is -2.24. The van der Waals surface area contributed by atoms with E-state index in [4.69, 9.17) is 4.42 Å². The van der Waals surface area contributed by atoms with Gasteiger partial charge in [0.2, 0.25) is 0 Å². The minimum atomic E-state index is -0.483. The third-order valence-electron chi connectivity index (χ3n) is 3.82. The Morgan fingerprint density at radius 3 is 2.81 bits per heavy atom. The van der Waals surface area contributed by atoms with Crippen LogP contribution in [0.1, 0.15) is 36.0 Å². The van der Waals surface area contributed by atoms with Crippen molar-refractivity contribution in [1.29, 1.82) is 0 Å². The molecule has 0 aliphatic heterocycles. The lowest BCUT2D eigenvalue weighted by atomic mass is 10.1. The van der Waals surface area contributed by atoms with E-state index < -0.39 is 6.10 Å². The third-order valence-corrected chi connectivity index (χ3v) is 4.52. The van der Waals surface area contributed by atoms with E-state index in [1.165, 1.54) is 0 Å². The molecule has 3 nitrogen and oxygen atoms in total. The first-order chi connectivity index (χ1) is 10.2. The Hall–Kier alpha value is -1.62. The van der Waals surface area contributed by atoms with Crippen LogP contribution in [0.4, 0.5) is 0 Å². The highest BCUT2D eigenvalue weighted by atomic mass is 32.1. The summed E-state index contributed by atoms with van der Waals surface area (Å²) in [4.78, 5) is 0. The van der Waals surface area contributed by atoms with Gasteiger partial charge in [-0.05, 0) is 47.9 Å². The Bertz CT molecular complexity index is 718. The van der Waals surface area contributed by atoms with Crippen molar-refractivity contribution >= 4 is 22.3 Å². The Kier molecular flexibility index (Phi) is 4.10. The van der Waals surface area contributed by atoms with Crippen LogP contribution in [0.3, 0.4) is 0 Å². The molecule has 0 fully saturated rings. The van der Waals surface area contributed by atoms with Gasteiger partial charge in [-0.1, -0.05) is 18.2 Å². The number of nitrogens with one attached hydrogen (secondary N) is 1. The number of aliphatic hydroxyl groups excluding tert-OH is 1. The molecule has 0 saturated carbocycles. The molecule has 110 valence electrons. The molecule has 3 aromatic rings. The lowest BCUT2D eigenvalue weighted by Gasteiger charge is -2.15. The van der Waals surface area contributed by atoms with Crippen LogP contribution in [0.5, 0.6) is 0 Å². The molecule has 2 atom stereocenters. The highest BCUT2D eigenvalue weighted by Crippen LogP contribution is 2.29. The zero-order valence-corrected chi connectivity index (χ0v) is 13.0. The molecule has 0 amide bonds. The molecule has 2 unspecified atom stereocenters. The van der Waals surface area contributed by atoms with E-state index >= 15 is 0 Å². The Balaban J connectivity index is 1.72. The molecule has 0 radical (unpaired) electrons. The van der Waals surface area contributed by atoms with Gasteiger partial charge in [0, 0.05) is 11.9 Å². The third kappa shape index (κ3) is 2.88. The summed E-state index contributed by atoms with van der Waals surface area (Å²) in [5.74, 6) is 0.939. The topological polar surface area (TPSA) is 45.4 Å². The highest BCUT2D eigenvalue weighted by molar-refractivity contribution is 7.07. The van der Waals surface area contributed by atoms with Crippen molar-refractivity contribution in [3.05, 3.63) is 58.0 Å². The van der Waals surface area contributed by atoms with Crippen LogP contribution in [0, 0.1) is 6.92 Å². The van der Waals surface area contributed by atoms with Crippen LogP contribution >= 0.6 is 11.3 Å². The van der Waals surface area contributed by atoms with Gasteiger partial charge in [0.1, 0.15) is 11.3 Å². The van der Waals surface area contributed by atoms with Gasteiger partial charge in [-0.2, -0.15) is 11.3 Å². The van der Waals surface area contributed by atoms with Crippen molar-refractivity contribution in [1.82, 2.24) is 5.32 Å². The first kappa shape index (κ1) is 14.3. The molecule has 0 bridgehead atoms. The molecule has 0 aliphatic carbocycles. The van der Waals surface area contributed by atoms with E-state index in [1.807, 2.05) is 35.0 Å². The summed E-state index contributed by atoms with van der Waals surface area (Å²) in [6.45, 7) is 4.65. The van der Waals surface area contributed by atoms with Crippen molar-refractivity contribution < 1.29 is 9.52 Å². The van der Waals surface area contributed by atoms with Crippen LogP contribution in [0.25, 0.3) is 11.0 Å². The van der Waals surface area contributed by atoms with Gasteiger partial charge in [0.15, 0.2) is 0 Å². The second-order valence-corrected chi connectivity index (χ2v) is 6.07. The number of furan rings is 1. The summed E-state index contributed by atoms with van der Waals surface area (Å²) < 4.78 is 5.94. The van der Waals surface area contributed by atoms with E-state index in [-0.39, 0.29) is 6.04 Å². The van der Waals surface area contributed by atoms with Crippen molar-refractivity contribution in [3.8, 4) is 0 Å². The zero-order chi connectivity index (χ0) is 14.8. The fourth-order valence-corrected chi connectivity index (χ4v) is 3.28. The molecule has 0 saturated heterocycles. The number of aryl methyl sites for hydroxylation is 1. The van der Waals surface area contributed by atoms with Gasteiger partial charge in [-0.15, -0.1) is 0 Å². The maximum Gasteiger partial charge on any atom is 0.134 e. The average Bonchev–Trinajstić information content (AvgIpc) is 3.13. The average molecular weight is 301 g/mol. The number of hydrogen-bond donors (Lipinski definition) is 2. The summed E-state index contributed by atoms with van der Waals surface area (Å²) >= 11 is 1.60. The molecule has 3 rings (SSSR count). The van der Waals surface area contributed by atoms with Crippen molar-refractivity contribution in [2.75, 3.05) is 6.54 Å². The number of benzene rings is 1. The van der Waals surface area contributed by atoms with Gasteiger partial charge in [0.05, 0.1) is 12.1 Å². The zero-order valence-electron chi connectivity index (χ0n) is 12.2. The fraction of sp³-hybridized carbons (Fsp3) is 0.294. The van der Waals surface area contributed by atoms with E-state index in [0.717, 1.165) is 27.9 Å². The Morgan fingerprint density at radius 2 is 2.10 bits per heavy atom. The highest BCUT2D eigenvalue weighted by Gasteiger charge is 2.17. The van der Waals surface area contributed by atoms with Crippen LogP contribution in [-0.4, -0.2) is 11.7 Å². The van der Waals surface area contributed by atoms with E-state index in [9.17, 15) is 5.11 Å². The molecule has 0 spiro atoms. The standard InChI is InChI=1S/C17H19NO2S/c1-11-14-5-3-4-6-16(14)20-17(11)12(2)18-9-15(19)13-7-8-21-10-13/h3-8,10,12,15,18-19H,9H2,1-2H3. The minimum Gasteiger partial charge on any atom is -0.459 e. The lowest BCUT2D eigenvalue weighted by molar-refractivity contribution is 0.169. The molecular formula is C17H19NO2S. The number of aliphatic hydroxyl groups is 1. The maximum absolute atomic E-state index is 10.1. The normalized spacial score (nSPS) is 14.4. The molecule has 2 N–H and O–H groups in total. The summed E-state index contributed by atoms with van der Waals surface area (Å²) in [7, 11) is 0. The summed E-state index contributed by atoms with van der Waals surface area (Å²) in [6.07, 6.45) is -0.483. The first-order valence-corrected chi connectivity index (χ1v) is 8.02. The van der Waals surface area contributed by atoms with Crippen molar-refractivity contribution in [2.24, 2.45) is 0 Å². The molecule has 2 aromatic heterocycles. The van der Waals surface area contributed by atoms with E-state index in [1.54, 1.807) is 11.3 Å². The predicted octanol–water partition coefficient (Wildman–Crippen LogP) is 4.19. The maximum atomic E-state index is 10.1. The van der Waals surface area contributed by atoms with Gasteiger partial charge < -0.3 is 14.8 Å². The van der Waals surface area contributed by atoms with Crippen molar-refractivity contribution in [2.45, 2.75) is 26.0 Å². The number of hydrogen-bond acceptors (Lipinski definition) is 4. The van der Waals surface area contributed by atoms with Gasteiger partial charge >= 0.3 is 0 Å². The molecule has 1 aromatic carbocycles. The molecule has 0 aliphatic rings. The summed E-state index contributed by atoms with van der Waals surface area (Å²) in [5.41, 5.74) is 3.04. The molecule has 21 heavy (non-hydrogen) atoms. The Labute approximate surface area is 128 Å². The summed E-state index contributed by atoms with van der Waals surface area (Å²) in [5, 5.41) is 18.6. The second-order valence-electron chi connectivity index (χ2n) is 5.29. The molecule has 4 heteroatoms. The predicted molar refractivity (Wildman–Crippen MR) is 86.6 cm³/mol. The monoisotopic (exact) mass is 301 g/mol. The smallest absolute Gasteiger partial charge is 0.134 e. The van der Waals surface area contributed by atoms with Crippen LogP contribution < -0.4 is 5.32 Å². The van der Waals surface area contributed by atoms with E-state index in [0.29, 0.717) is 6.54 Å². The second kappa shape index (κ2) is 6.02. The minimum absolute atomic E-state index is 0.0608. The van der Waals surface area contributed by atoms with Crippen LogP contribution in [0.15, 0.2) is 45.5 Å². The quantitative estimate of drug-likeness (QED) is 0.743. The molecule has 2 heterocycles. The van der Waals surface area contributed by atoms with E-state index in [2.05, 4.69) is 25.2 Å². The van der Waals surface area contributed by atoms with Crippen LogP contribution in [-0.2, 0) is 0 Å². The Morgan fingerprint density at radius 1 is 1.29 bits per heavy atom. The van der Waals surface area contributed by atoms with Gasteiger partial charge in [0.25, 0.3) is 0 Å². The molecular weight excluding hydrogens is 282 g/mol.